The largest absolute Gasteiger partial charge is 0.248 e. The summed E-state index contributed by atoms with van der Waals surface area (Å²) in [5, 5.41) is 4.97. The fourth-order valence-electron chi connectivity index (χ4n) is 8.74. The van der Waals surface area contributed by atoms with Crippen LogP contribution in [0, 0.1) is 0 Å². The average Bonchev–Trinajstić information content (AvgIpc) is 3.37. The van der Waals surface area contributed by atoms with Gasteiger partial charge in [0.05, 0.1) is 22.8 Å². The Kier molecular flexibility index (Phi) is 9.57. The van der Waals surface area contributed by atoms with Gasteiger partial charge in [-0.2, -0.15) is 0 Å². The molecule has 0 aliphatic carbocycles. The van der Waals surface area contributed by atoms with Gasteiger partial charge in [-0.15, -0.1) is 0 Å². The second-order valence-electron chi connectivity index (χ2n) is 15.7. The van der Waals surface area contributed by atoms with E-state index in [-0.39, 0.29) is 0 Å². The Balaban J connectivity index is 0.927. The molecule has 0 unspecified atom stereocenters. The van der Waals surface area contributed by atoms with Gasteiger partial charge in [-0.3, -0.25) is 0 Å². The summed E-state index contributed by atoms with van der Waals surface area (Å²) in [6, 6.07) is 86.5. The lowest BCUT2D eigenvalue weighted by Gasteiger charge is -2.14. The standard InChI is InChI=1S/C60H40N2/c1-5-15-45(16-6-1)57-37-49(38-58(61-57)46-17-7-2-8-18-46)41-27-31-43(32-28-41)51-23-13-25-53-54-26-14-24-52(56(54)36-35-55(51)53)44-33-29-42(30-34-44)50-39-59(47-19-9-3-10-20-47)62-60(40-50)48-21-11-4-12-22-48/h1-40H. The third kappa shape index (κ3) is 7.14. The Morgan fingerprint density at radius 1 is 0.177 bits per heavy atom. The molecule has 0 saturated heterocycles. The van der Waals surface area contributed by atoms with Crippen LogP contribution in [0.15, 0.2) is 243 Å². The minimum Gasteiger partial charge on any atom is -0.248 e. The summed E-state index contributed by atoms with van der Waals surface area (Å²) in [6.07, 6.45) is 0. The van der Waals surface area contributed by atoms with E-state index in [4.69, 9.17) is 9.97 Å². The molecule has 0 aliphatic rings. The van der Waals surface area contributed by atoms with E-state index < -0.39 is 0 Å². The molecule has 0 radical (unpaired) electrons. The van der Waals surface area contributed by atoms with Crippen LogP contribution >= 0.6 is 0 Å². The molecule has 290 valence electrons. The molecule has 11 aromatic rings. The Morgan fingerprint density at radius 2 is 0.468 bits per heavy atom. The zero-order chi connectivity index (χ0) is 41.2. The fraction of sp³-hybridized carbons (Fsp3) is 0. The minimum absolute atomic E-state index is 0.964. The Labute approximate surface area is 362 Å². The molecule has 0 amide bonds. The van der Waals surface area contributed by atoms with Gasteiger partial charge in [0.15, 0.2) is 0 Å². The second kappa shape index (κ2) is 16.1. The predicted octanol–water partition coefficient (Wildman–Crippen LogP) is 16.1. The quantitative estimate of drug-likeness (QED) is 0.143. The van der Waals surface area contributed by atoms with Crippen molar-refractivity contribution in [3.63, 3.8) is 0 Å². The summed E-state index contributed by atoms with van der Waals surface area (Å²) < 4.78 is 0. The molecule has 62 heavy (non-hydrogen) atoms. The molecule has 2 heteroatoms. The molecule has 11 rings (SSSR count). The van der Waals surface area contributed by atoms with E-state index in [0.29, 0.717) is 0 Å². The van der Waals surface area contributed by atoms with Crippen molar-refractivity contribution >= 4 is 21.5 Å². The highest BCUT2D eigenvalue weighted by atomic mass is 14.7. The van der Waals surface area contributed by atoms with Crippen molar-refractivity contribution in [2.75, 3.05) is 0 Å². The third-order valence-corrected chi connectivity index (χ3v) is 11.9. The number of nitrogens with zero attached hydrogens (tertiary/aromatic N) is 2. The number of fused-ring (bicyclic) bond motifs is 3. The number of hydrogen-bond donors (Lipinski definition) is 0. The van der Waals surface area contributed by atoms with Gasteiger partial charge in [-0.25, -0.2) is 9.97 Å². The molecule has 0 aliphatic heterocycles. The van der Waals surface area contributed by atoms with Gasteiger partial charge in [0, 0.05) is 22.3 Å². The van der Waals surface area contributed by atoms with Crippen LogP contribution in [0.3, 0.4) is 0 Å². The van der Waals surface area contributed by atoms with Gasteiger partial charge >= 0.3 is 0 Å². The van der Waals surface area contributed by atoms with E-state index in [1.165, 1.54) is 43.8 Å². The lowest BCUT2D eigenvalue weighted by molar-refractivity contribution is 1.32. The molecule has 2 nitrogen and oxygen atoms in total. The first-order chi connectivity index (χ1) is 30.7. The average molecular weight is 789 g/mol. The van der Waals surface area contributed by atoms with Crippen LogP contribution in [0.2, 0.25) is 0 Å². The van der Waals surface area contributed by atoms with Gasteiger partial charge in [-0.05, 0) is 90.3 Å². The predicted molar refractivity (Wildman–Crippen MR) is 261 cm³/mol. The number of hydrogen-bond acceptors (Lipinski definition) is 2. The van der Waals surface area contributed by atoms with Crippen LogP contribution < -0.4 is 0 Å². The van der Waals surface area contributed by atoms with Crippen molar-refractivity contribution in [1.29, 1.82) is 0 Å². The number of rotatable bonds is 8. The fourth-order valence-corrected chi connectivity index (χ4v) is 8.74. The first-order valence-electron chi connectivity index (χ1n) is 21.1. The number of aromatic nitrogens is 2. The van der Waals surface area contributed by atoms with Crippen LogP contribution in [0.5, 0.6) is 0 Å². The van der Waals surface area contributed by atoms with Crippen molar-refractivity contribution in [3.05, 3.63) is 243 Å². The monoisotopic (exact) mass is 788 g/mol. The molecule has 9 aromatic carbocycles. The van der Waals surface area contributed by atoms with Gasteiger partial charge in [-0.1, -0.05) is 218 Å². The second-order valence-corrected chi connectivity index (χ2v) is 15.7. The van der Waals surface area contributed by atoms with Gasteiger partial charge in [0.1, 0.15) is 0 Å². The molecule has 0 saturated carbocycles. The Morgan fingerprint density at radius 3 is 0.774 bits per heavy atom. The van der Waals surface area contributed by atoms with Crippen molar-refractivity contribution in [3.8, 4) is 89.5 Å². The maximum Gasteiger partial charge on any atom is 0.0715 e. The highest BCUT2D eigenvalue weighted by molar-refractivity contribution is 6.15. The molecule has 0 fully saturated rings. The van der Waals surface area contributed by atoms with Gasteiger partial charge in [0.25, 0.3) is 0 Å². The zero-order valence-electron chi connectivity index (χ0n) is 34.0. The van der Waals surface area contributed by atoms with E-state index >= 15 is 0 Å². The minimum atomic E-state index is 0.964. The maximum atomic E-state index is 5.09. The summed E-state index contributed by atoms with van der Waals surface area (Å²) in [5.41, 5.74) is 17.7. The molecule has 0 N–H and O–H groups in total. The topological polar surface area (TPSA) is 25.8 Å². The number of pyridine rings is 2. The van der Waals surface area contributed by atoms with Crippen LogP contribution in [-0.4, -0.2) is 9.97 Å². The van der Waals surface area contributed by atoms with E-state index in [9.17, 15) is 0 Å². The summed E-state index contributed by atoms with van der Waals surface area (Å²) in [6.45, 7) is 0. The lowest BCUT2D eigenvalue weighted by atomic mass is 9.90. The maximum absolute atomic E-state index is 5.09. The molecular formula is C60H40N2. The SMILES string of the molecule is c1ccc(-c2cc(-c3ccc(-c4cccc5c4ccc4c(-c6ccc(-c7cc(-c8ccccc8)nc(-c8ccccc8)c7)cc6)cccc45)cc3)cc(-c3ccccc3)n2)cc1. The Bertz CT molecular complexity index is 3000. The normalized spacial score (nSPS) is 11.2. The first kappa shape index (κ1) is 36.8. The van der Waals surface area contributed by atoms with Gasteiger partial charge in [0.2, 0.25) is 0 Å². The summed E-state index contributed by atoms with van der Waals surface area (Å²) in [5.74, 6) is 0. The first-order valence-corrected chi connectivity index (χ1v) is 21.1. The summed E-state index contributed by atoms with van der Waals surface area (Å²) >= 11 is 0. The number of benzene rings is 9. The van der Waals surface area contributed by atoms with E-state index in [0.717, 1.165) is 67.3 Å². The van der Waals surface area contributed by atoms with E-state index in [2.05, 4.69) is 218 Å². The highest BCUT2D eigenvalue weighted by Gasteiger charge is 2.14. The van der Waals surface area contributed by atoms with Crippen LogP contribution in [0.4, 0.5) is 0 Å². The van der Waals surface area contributed by atoms with Crippen molar-refractivity contribution < 1.29 is 0 Å². The van der Waals surface area contributed by atoms with Crippen LogP contribution in [-0.2, 0) is 0 Å². The summed E-state index contributed by atoms with van der Waals surface area (Å²) in [7, 11) is 0. The van der Waals surface area contributed by atoms with E-state index in [1.807, 2.05) is 24.3 Å². The molecule has 0 atom stereocenters. The van der Waals surface area contributed by atoms with Gasteiger partial charge < -0.3 is 0 Å². The molecule has 2 aromatic heterocycles. The highest BCUT2D eigenvalue weighted by Crippen LogP contribution is 2.39. The van der Waals surface area contributed by atoms with Crippen molar-refractivity contribution in [2.45, 2.75) is 0 Å². The molecule has 2 heterocycles. The van der Waals surface area contributed by atoms with E-state index in [1.54, 1.807) is 0 Å². The molecular weight excluding hydrogens is 749 g/mol. The molecule has 0 bridgehead atoms. The lowest BCUT2D eigenvalue weighted by Crippen LogP contribution is -1.91. The van der Waals surface area contributed by atoms with Crippen molar-refractivity contribution in [2.24, 2.45) is 0 Å². The zero-order valence-corrected chi connectivity index (χ0v) is 34.0. The Hall–Kier alpha value is -8.20. The third-order valence-electron chi connectivity index (χ3n) is 11.9. The molecule has 0 spiro atoms. The summed E-state index contributed by atoms with van der Waals surface area (Å²) in [4.78, 5) is 10.2. The smallest absolute Gasteiger partial charge is 0.0715 e. The van der Waals surface area contributed by atoms with Crippen LogP contribution in [0.1, 0.15) is 0 Å². The van der Waals surface area contributed by atoms with Crippen molar-refractivity contribution in [1.82, 2.24) is 9.97 Å². The van der Waals surface area contributed by atoms with Crippen LogP contribution in [0.25, 0.3) is 111 Å².